The molecule has 0 aromatic heterocycles. The Bertz CT molecular complexity index is 531. The number of amides is 1. The predicted molar refractivity (Wildman–Crippen MR) is 87.7 cm³/mol. The first-order valence-electron chi connectivity index (χ1n) is 7.30. The second kappa shape index (κ2) is 5.80. The Labute approximate surface area is 137 Å². The van der Waals surface area contributed by atoms with Gasteiger partial charge >= 0.3 is 0 Å². The third kappa shape index (κ3) is 2.82. The highest BCUT2D eigenvalue weighted by atomic mass is 79.9. The van der Waals surface area contributed by atoms with Gasteiger partial charge in [-0.05, 0) is 78.1 Å². The molecule has 4 unspecified atom stereocenters. The summed E-state index contributed by atoms with van der Waals surface area (Å²) in [6, 6.07) is 5.95. The fraction of sp³-hybridized carbons (Fsp3) is 0.562. The molecule has 1 N–H and O–H groups in total. The highest BCUT2D eigenvalue weighted by Gasteiger charge is 2.42. The lowest BCUT2D eigenvalue weighted by molar-refractivity contribution is 0.0914. The van der Waals surface area contributed by atoms with Crippen molar-refractivity contribution < 1.29 is 4.79 Å². The van der Waals surface area contributed by atoms with Crippen LogP contribution in [0.3, 0.4) is 0 Å². The third-order valence-electron chi connectivity index (χ3n) is 4.97. The smallest absolute Gasteiger partial charge is 0.252 e. The van der Waals surface area contributed by atoms with Crippen LogP contribution >= 0.6 is 31.9 Å². The maximum atomic E-state index is 12.4. The maximum Gasteiger partial charge on any atom is 0.252 e. The van der Waals surface area contributed by atoms with Crippen molar-refractivity contribution in [2.24, 2.45) is 17.8 Å². The fourth-order valence-corrected chi connectivity index (χ4v) is 5.20. The average molecular weight is 401 g/mol. The molecule has 2 saturated carbocycles. The van der Waals surface area contributed by atoms with Gasteiger partial charge in [-0.25, -0.2) is 0 Å². The normalized spacial score (nSPS) is 29.4. The number of nitrogens with one attached hydrogen (secondary N) is 1. The van der Waals surface area contributed by atoms with Crippen LogP contribution in [0.4, 0.5) is 0 Å². The Morgan fingerprint density at radius 3 is 2.70 bits per heavy atom. The Morgan fingerprint density at radius 1 is 1.30 bits per heavy atom. The van der Waals surface area contributed by atoms with E-state index < -0.39 is 0 Å². The average Bonchev–Trinajstić information content (AvgIpc) is 3.00. The molecule has 4 atom stereocenters. The van der Waals surface area contributed by atoms with Crippen LogP contribution in [0, 0.1) is 17.8 Å². The molecule has 2 bridgehead atoms. The first-order chi connectivity index (χ1) is 9.54. The van der Waals surface area contributed by atoms with Gasteiger partial charge in [0.15, 0.2) is 0 Å². The topological polar surface area (TPSA) is 29.1 Å². The number of halogens is 2. The molecule has 0 heterocycles. The molecule has 3 rings (SSSR count). The number of carbonyl (C=O) groups is 1. The highest BCUT2D eigenvalue weighted by Crippen LogP contribution is 2.49. The van der Waals surface area contributed by atoms with Gasteiger partial charge in [0.2, 0.25) is 0 Å². The van der Waals surface area contributed by atoms with Crippen molar-refractivity contribution >= 4 is 37.8 Å². The number of rotatable bonds is 3. The molecule has 0 spiro atoms. The minimum atomic E-state index is 0.0275. The van der Waals surface area contributed by atoms with Crippen LogP contribution in [-0.4, -0.2) is 11.9 Å². The van der Waals surface area contributed by atoms with Crippen LogP contribution in [0.2, 0.25) is 0 Å². The number of hydrogen-bond acceptors (Lipinski definition) is 1. The summed E-state index contributed by atoms with van der Waals surface area (Å²) in [6.07, 6.45) is 5.44. The lowest BCUT2D eigenvalue weighted by atomic mass is 9.84. The number of benzene rings is 1. The Hall–Kier alpha value is -0.350. The zero-order valence-electron chi connectivity index (χ0n) is 11.5. The fourth-order valence-electron chi connectivity index (χ4n) is 3.97. The van der Waals surface area contributed by atoms with Crippen molar-refractivity contribution in [3.63, 3.8) is 0 Å². The molecular formula is C16H19Br2NO. The van der Waals surface area contributed by atoms with Gasteiger partial charge < -0.3 is 5.32 Å². The van der Waals surface area contributed by atoms with E-state index in [-0.39, 0.29) is 11.9 Å². The monoisotopic (exact) mass is 399 g/mol. The van der Waals surface area contributed by atoms with Crippen molar-refractivity contribution in [2.75, 3.05) is 0 Å². The molecule has 0 aliphatic heterocycles. The van der Waals surface area contributed by atoms with Gasteiger partial charge in [0, 0.05) is 15.0 Å². The Kier molecular flexibility index (Phi) is 4.23. The molecule has 4 heteroatoms. The summed E-state index contributed by atoms with van der Waals surface area (Å²) in [5, 5.41) is 3.20. The molecule has 1 aromatic rings. The summed E-state index contributed by atoms with van der Waals surface area (Å²) in [6.45, 7) is 2.16. The zero-order valence-corrected chi connectivity index (χ0v) is 14.7. The van der Waals surface area contributed by atoms with Gasteiger partial charge in [-0.1, -0.05) is 22.4 Å². The quantitative estimate of drug-likeness (QED) is 0.777. The minimum absolute atomic E-state index is 0.0275. The SMILES string of the molecule is CC(NC(=O)c1ccc(Br)cc1Br)C1CC2CCC1C2. The van der Waals surface area contributed by atoms with Crippen LogP contribution in [-0.2, 0) is 0 Å². The standard InChI is InChI=1S/C16H19Br2NO/c1-9(14-7-10-2-3-11(14)6-10)19-16(20)13-5-4-12(17)8-15(13)18/h4-5,8-11,14H,2-3,6-7H2,1H3,(H,19,20). The lowest BCUT2D eigenvalue weighted by Crippen LogP contribution is -2.40. The van der Waals surface area contributed by atoms with Crippen molar-refractivity contribution in [1.29, 1.82) is 0 Å². The predicted octanol–water partition coefficient (Wildman–Crippen LogP) is 4.77. The molecule has 2 nitrogen and oxygen atoms in total. The minimum Gasteiger partial charge on any atom is -0.349 e. The molecule has 0 radical (unpaired) electrons. The van der Waals surface area contributed by atoms with Gasteiger partial charge in [0.25, 0.3) is 5.91 Å². The van der Waals surface area contributed by atoms with Gasteiger partial charge in [-0.2, -0.15) is 0 Å². The van der Waals surface area contributed by atoms with Crippen molar-refractivity contribution in [2.45, 2.75) is 38.6 Å². The van der Waals surface area contributed by atoms with Crippen LogP contribution in [0.25, 0.3) is 0 Å². The second-order valence-electron chi connectivity index (χ2n) is 6.23. The summed E-state index contributed by atoms with van der Waals surface area (Å²) in [5.74, 6) is 2.46. The summed E-state index contributed by atoms with van der Waals surface area (Å²) in [7, 11) is 0. The zero-order chi connectivity index (χ0) is 14.3. The lowest BCUT2D eigenvalue weighted by Gasteiger charge is -2.28. The Morgan fingerprint density at radius 2 is 2.10 bits per heavy atom. The van der Waals surface area contributed by atoms with Gasteiger partial charge in [-0.3, -0.25) is 4.79 Å². The molecule has 0 saturated heterocycles. The van der Waals surface area contributed by atoms with E-state index >= 15 is 0 Å². The van der Waals surface area contributed by atoms with Gasteiger partial charge in [-0.15, -0.1) is 0 Å². The van der Waals surface area contributed by atoms with E-state index in [1.807, 2.05) is 18.2 Å². The van der Waals surface area contributed by atoms with Crippen molar-refractivity contribution in [3.05, 3.63) is 32.7 Å². The van der Waals surface area contributed by atoms with E-state index in [2.05, 4.69) is 44.1 Å². The Balaban J connectivity index is 1.66. The molecule has 2 aliphatic rings. The summed E-state index contributed by atoms with van der Waals surface area (Å²) in [4.78, 5) is 12.4. The summed E-state index contributed by atoms with van der Waals surface area (Å²) < 4.78 is 1.81. The second-order valence-corrected chi connectivity index (χ2v) is 8.00. The molecule has 1 amide bonds. The van der Waals surface area contributed by atoms with Gasteiger partial charge in [0.1, 0.15) is 0 Å². The molecular weight excluding hydrogens is 382 g/mol. The number of carbonyl (C=O) groups excluding carboxylic acids is 1. The van der Waals surface area contributed by atoms with E-state index in [1.54, 1.807) is 0 Å². The molecule has 108 valence electrons. The number of fused-ring (bicyclic) bond motifs is 2. The van der Waals surface area contributed by atoms with E-state index in [9.17, 15) is 4.79 Å². The van der Waals surface area contributed by atoms with Crippen LogP contribution < -0.4 is 5.32 Å². The van der Waals surface area contributed by atoms with E-state index in [0.717, 1.165) is 20.8 Å². The third-order valence-corrected chi connectivity index (χ3v) is 6.12. The molecule has 2 fully saturated rings. The van der Waals surface area contributed by atoms with Crippen LogP contribution in [0.5, 0.6) is 0 Å². The molecule has 20 heavy (non-hydrogen) atoms. The summed E-state index contributed by atoms with van der Waals surface area (Å²) >= 11 is 6.87. The van der Waals surface area contributed by atoms with E-state index in [1.165, 1.54) is 25.7 Å². The van der Waals surface area contributed by atoms with E-state index in [0.29, 0.717) is 11.5 Å². The highest BCUT2D eigenvalue weighted by molar-refractivity contribution is 9.11. The largest absolute Gasteiger partial charge is 0.349 e. The van der Waals surface area contributed by atoms with Gasteiger partial charge in [0.05, 0.1) is 5.56 Å². The molecule has 2 aliphatic carbocycles. The summed E-state index contributed by atoms with van der Waals surface area (Å²) in [5.41, 5.74) is 0.711. The first kappa shape index (κ1) is 14.6. The van der Waals surface area contributed by atoms with Crippen molar-refractivity contribution in [1.82, 2.24) is 5.32 Å². The van der Waals surface area contributed by atoms with Crippen LogP contribution in [0.15, 0.2) is 27.1 Å². The maximum absolute atomic E-state index is 12.4. The van der Waals surface area contributed by atoms with E-state index in [4.69, 9.17) is 0 Å². The van der Waals surface area contributed by atoms with Crippen LogP contribution in [0.1, 0.15) is 43.0 Å². The first-order valence-corrected chi connectivity index (χ1v) is 8.89. The van der Waals surface area contributed by atoms with Crippen molar-refractivity contribution in [3.8, 4) is 0 Å². The number of hydrogen-bond donors (Lipinski definition) is 1. The molecule has 1 aromatic carbocycles.